The zero-order chi connectivity index (χ0) is 12.6. The SMILES string of the molecule is C=C/C=C\C(=C/CC)C(C)C(=O)NS(=O)O. The number of amides is 1. The first-order valence-corrected chi connectivity index (χ1v) is 6.04. The van der Waals surface area contributed by atoms with Crippen LogP contribution in [-0.4, -0.2) is 14.7 Å². The maximum absolute atomic E-state index is 11.5. The van der Waals surface area contributed by atoms with Gasteiger partial charge >= 0.3 is 0 Å². The van der Waals surface area contributed by atoms with E-state index in [-0.39, 0.29) is 0 Å². The molecule has 0 aromatic rings. The van der Waals surface area contributed by atoms with Gasteiger partial charge in [-0.3, -0.25) is 14.1 Å². The lowest BCUT2D eigenvalue weighted by Crippen LogP contribution is -2.31. The van der Waals surface area contributed by atoms with Gasteiger partial charge in [0, 0.05) is 0 Å². The zero-order valence-electron chi connectivity index (χ0n) is 9.47. The van der Waals surface area contributed by atoms with Crippen LogP contribution in [0.1, 0.15) is 20.3 Å². The van der Waals surface area contributed by atoms with E-state index in [4.69, 9.17) is 4.55 Å². The summed E-state index contributed by atoms with van der Waals surface area (Å²) in [6, 6.07) is 0. The van der Waals surface area contributed by atoms with Crippen LogP contribution in [-0.2, 0) is 16.1 Å². The number of allylic oxidation sites excluding steroid dienone is 4. The number of rotatable bonds is 6. The minimum Gasteiger partial charge on any atom is -0.289 e. The third-order valence-electron chi connectivity index (χ3n) is 1.95. The second-order valence-electron chi connectivity index (χ2n) is 3.14. The van der Waals surface area contributed by atoms with Gasteiger partial charge in [-0.05, 0) is 18.9 Å². The van der Waals surface area contributed by atoms with Crippen LogP contribution in [0.3, 0.4) is 0 Å². The molecule has 0 radical (unpaired) electrons. The molecule has 0 rings (SSSR count). The molecule has 0 heterocycles. The molecule has 2 unspecified atom stereocenters. The maximum Gasteiger partial charge on any atom is 0.261 e. The van der Waals surface area contributed by atoms with Gasteiger partial charge in [0.1, 0.15) is 0 Å². The van der Waals surface area contributed by atoms with Crippen LogP contribution in [0.4, 0.5) is 0 Å². The van der Waals surface area contributed by atoms with Crippen molar-refractivity contribution in [3.05, 3.63) is 36.5 Å². The van der Waals surface area contributed by atoms with E-state index < -0.39 is 23.1 Å². The highest BCUT2D eigenvalue weighted by Gasteiger charge is 2.16. The van der Waals surface area contributed by atoms with Crippen molar-refractivity contribution in [2.75, 3.05) is 0 Å². The first-order chi connectivity index (χ1) is 7.52. The Kier molecular flexibility index (Phi) is 7.41. The molecule has 0 fully saturated rings. The molecule has 0 spiro atoms. The fourth-order valence-corrected chi connectivity index (χ4v) is 1.48. The fraction of sp³-hybridized carbons (Fsp3) is 0.364. The van der Waals surface area contributed by atoms with Crippen LogP contribution in [0.25, 0.3) is 0 Å². The summed E-state index contributed by atoms with van der Waals surface area (Å²) in [5.41, 5.74) is 0.797. The average Bonchev–Trinajstić information content (AvgIpc) is 2.22. The predicted octanol–water partition coefficient (Wildman–Crippen LogP) is 1.95. The van der Waals surface area contributed by atoms with Gasteiger partial charge in [0.05, 0.1) is 5.92 Å². The maximum atomic E-state index is 11.5. The summed E-state index contributed by atoms with van der Waals surface area (Å²) in [6.07, 6.45) is 7.78. The molecule has 0 aliphatic carbocycles. The van der Waals surface area contributed by atoms with Gasteiger partial charge in [0.25, 0.3) is 11.3 Å². The smallest absolute Gasteiger partial charge is 0.261 e. The average molecular weight is 243 g/mol. The molecule has 0 aromatic carbocycles. The van der Waals surface area contributed by atoms with E-state index in [1.807, 2.05) is 17.7 Å². The summed E-state index contributed by atoms with van der Waals surface area (Å²) in [4.78, 5) is 11.5. The third-order valence-corrected chi connectivity index (χ3v) is 2.32. The Bertz CT molecular complexity index is 334. The Balaban J connectivity index is 4.73. The van der Waals surface area contributed by atoms with Gasteiger partial charge in [-0.25, -0.2) is 4.21 Å². The molecular formula is C11H17NO3S. The van der Waals surface area contributed by atoms with Crippen LogP contribution < -0.4 is 4.72 Å². The molecule has 5 heteroatoms. The van der Waals surface area contributed by atoms with Gasteiger partial charge in [-0.1, -0.05) is 37.8 Å². The lowest BCUT2D eigenvalue weighted by Gasteiger charge is -2.11. The molecular weight excluding hydrogens is 226 g/mol. The quantitative estimate of drug-likeness (QED) is 0.553. The number of hydrogen-bond donors (Lipinski definition) is 2. The predicted molar refractivity (Wildman–Crippen MR) is 65.8 cm³/mol. The van der Waals surface area contributed by atoms with E-state index in [1.54, 1.807) is 25.2 Å². The Morgan fingerprint density at radius 3 is 2.69 bits per heavy atom. The lowest BCUT2D eigenvalue weighted by atomic mass is 9.99. The standard InChI is InChI=1S/C11H17NO3S/c1-4-6-8-10(7-5-2)9(3)11(13)12-16(14)15/h4,6-9H,1,5H2,2-3H3,(H,12,13)(H,14,15)/b8-6-,10-7+. The molecule has 0 bridgehead atoms. The van der Waals surface area contributed by atoms with Gasteiger partial charge < -0.3 is 0 Å². The van der Waals surface area contributed by atoms with Crippen molar-refractivity contribution in [1.82, 2.24) is 4.72 Å². The largest absolute Gasteiger partial charge is 0.289 e. The third kappa shape index (κ3) is 5.63. The molecule has 0 saturated carbocycles. The highest BCUT2D eigenvalue weighted by molar-refractivity contribution is 7.77. The Labute approximate surface area is 98.5 Å². The van der Waals surface area contributed by atoms with Crippen molar-refractivity contribution in [3.63, 3.8) is 0 Å². The van der Waals surface area contributed by atoms with Crippen molar-refractivity contribution >= 4 is 17.2 Å². The van der Waals surface area contributed by atoms with E-state index >= 15 is 0 Å². The van der Waals surface area contributed by atoms with Gasteiger partial charge in [-0.2, -0.15) is 0 Å². The minimum absolute atomic E-state index is 0.466. The van der Waals surface area contributed by atoms with E-state index in [1.165, 1.54) is 0 Å². The second-order valence-corrected chi connectivity index (χ2v) is 3.85. The van der Waals surface area contributed by atoms with Crippen molar-refractivity contribution in [3.8, 4) is 0 Å². The van der Waals surface area contributed by atoms with Crippen molar-refractivity contribution in [2.24, 2.45) is 5.92 Å². The summed E-state index contributed by atoms with van der Waals surface area (Å²) in [6.45, 7) is 7.17. The number of hydrogen-bond acceptors (Lipinski definition) is 2. The monoisotopic (exact) mass is 243 g/mol. The molecule has 16 heavy (non-hydrogen) atoms. The van der Waals surface area contributed by atoms with Crippen molar-refractivity contribution in [1.29, 1.82) is 0 Å². The van der Waals surface area contributed by atoms with Crippen LogP contribution in [0.15, 0.2) is 36.5 Å². The molecule has 0 aromatic heterocycles. The summed E-state index contributed by atoms with van der Waals surface area (Å²) in [5, 5.41) is 0. The van der Waals surface area contributed by atoms with E-state index in [0.29, 0.717) is 0 Å². The number of carbonyl (C=O) groups is 1. The first kappa shape index (κ1) is 14.8. The molecule has 2 N–H and O–H groups in total. The van der Waals surface area contributed by atoms with Crippen molar-refractivity contribution in [2.45, 2.75) is 20.3 Å². The summed E-state index contributed by atoms with van der Waals surface area (Å²) < 4.78 is 20.9. The number of nitrogens with one attached hydrogen (secondary N) is 1. The highest BCUT2D eigenvalue weighted by atomic mass is 32.2. The molecule has 4 nitrogen and oxygen atoms in total. The molecule has 0 aliphatic rings. The van der Waals surface area contributed by atoms with Gasteiger partial charge in [0.2, 0.25) is 5.91 Å². The molecule has 0 saturated heterocycles. The minimum atomic E-state index is -2.31. The highest BCUT2D eigenvalue weighted by Crippen LogP contribution is 2.13. The lowest BCUT2D eigenvalue weighted by molar-refractivity contribution is -0.121. The van der Waals surface area contributed by atoms with E-state index in [9.17, 15) is 9.00 Å². The Morgan fingerprint density at radius 1 is 1.62 bits per heavy atom. The van der Waals surface area contributed by atoms with Crippen LogP contribution in [0, 0.1) is 5.92 Å². The van der Waals surface area contributed by atoms with E-state index in [2.05, 4.69) is 6.58 Å². The van der Waals surface area contributed by atoms with Gasteiger partial charge in [-0.15, -0.1) is 0 Å². The Morgan fingerprint density at radius 2 is 2.25 bits per heavy atom. The van der Waals surface area contributed by atoms with E-state index in [0.717, 1.165) is 12.0 Å². The van der Waals surface area contributed by atoms with Gasteiger partial charge in [0.15, 0.2) is 0 Å². The summed E-state index contributed by atoms with van der Waals surface area (Å²) in [7, 11) is 0. The van der Waals surface area contributed by atoms with Crippen LogP contribution >= 0.6 is 0 Å². The fourth-order valence-electron chi connectivity index (χ4n) is 1.13. The summed E-state index contributed by atoms with van der Waals surface area (Å²) >= 11 is -2.31. The van der Waals surface area contributed by atoms with Crippen LogP contribution in [0.5, 0.6) is 0 Å². The first-order valence-electron chi connectivity index (χ1n) is 4.93. The topological polar surface area (TPSA) is 66.4 Å². The summed E-state index contributed by atoms with van der Waals surface area (Å²) in [5.74, 6) is -0.943. The van der Waals surface area contributed by atoms with Crippen molar-refractivity contribution < 1.29 is 13.6 Å². The number of carbonyl (C=O) groups excluding carboxylic acids is 1. The molecule has 1 amide bonds. The second kappa shape index (κ2) is 8.01. The molecule has 2 atom stereocenters. The van der Waals surface area contributed by atoms with Crippen LogP contribution in [0.2, 0.25) is 0 Å². The Hall–Kier alpha value is -1.20. The molecule has 90 valence electrons. The zero-order valence-corrected chi connectivity index (χ0v) is 10.3. The molecule has 0 aliphatic heterocycles. The normalized spacial score (nSPS) is 15.8.